The first-order valence-corrected chi connectivity index (χ1v) is 15.9. The highest BCUT2D eigenvalue weighted by atomic mass is 35.5. The van der Waals surface area contributed by atoms with Crippen LogP contribution in [0.2, 0.25) is 5.02 Å². The van der Waals surface area contributed by atoms with E-state index in [2.05, 4.69) is 10.0 Å². The number of sulfonamides is 2. The van der Waals surface area contributed by atoms with Gasteiger partial charge in [0.15, 0.2) is 0 Å². The van der Waals surface area contributed by atoms with Gasteiger partial charge in [-0.05, 0) is 97.3 Å². The Labute approximate surface area is 239 Å². The average Bonchev–Trinajstić information content (AvgIpc) is 2.90. The summed E-state index contributed by atoms with van der Waals surface area (Å²) in [5.74, 6) is -0.431. The van der Waals surface area contributed by atoms with Crippen molar-refractivity contribution in [2.45, 2.75) is 25.3 Å². The molecule has 8 nitrogen and oxygen atoms in total. The average molecular weight is 598 g/mol. The van der Waals surface area contributed by atoms with Gasteiger partial charge in [0.2, 0.25) is 10.0 Å². The summed E-state index contributed by atoms with van der Waals surface area (Å²) in [6, 6.07) is 24.4. The van der Waals surface area contributed by atoms with Gasteiger partial charge in [-0.2, -0.15) is 0 Å². The monoisotopic (exact) mass is 597 g/mol. The van der Waals surface area contributed by atoms with Gasteiger partial charge < -0.3 is 5.32 Å². The van der Waals surface area contributed by atoms with Crippen LogP contribution in [0, 0.1) is 13.8 Å². The van der Waals surface area contributed by atoms with Gasteiger partial charge in [0.25, 0.3) is 15.9 Å². The topological polar surface area (TPSA) is 113 Å². The zero-order chi connectivity index (χ0) is 29.1. The Kier molecular flexibility index (Phi) is 8.53. The molecule has 0 unspecified atom stereocenters. The second-order valence-corrected chi connectivity index (χ2v) is 13.4. The second kappa shape index (κ2) is 11.7. The van der Waals surface area contributed by atoms with Crippen LogP contribution in [0.4, 0.5) is 17.1 Å². The summed E-state index contributed by atoms with van der Waals surface area (Å²) < 4.78 is 54.5. The van der Waals surface area contributed by atoms with Gasteiger partial charge in [-0.1, -0.05) is 35.9 Å². The maximum atomic E-state index is 12.9. The molecule has 0 heterocycles. The Morgan fingerprint density at radius 2 is 1.45 bits per heavy atom. The highest BCUT2D eigenvalue weighted by molar-refractivity contribution is 7.92. The van der Waals surface area contributed by atoms with Crippen molar-refractivity contribution in [1.82, 2.24) is 0 Å². The molecule has 0 aliphatic rings. The maximum Gasteiger partial charge on any atom is 0.261 e. The number of hydrogen-bond acceptors (Lipinski definition) is 5. The van der Waals surface area contributed by atoms with Crippen LogP contribution in [-0.2, 0) is 26.6 Å². The molecule has 0 aliphatic carbocycles. The number of aryl methyl sites for hydroxylation is 2. The predicted molar refractivity (Wildman–Crippen MR) is 160 cm³/mol. The van der Waals surface area contributed by atoms with Gasteiger partial charge in [0.05, 0.1) is 29.1 Å². The lowest BCUT2D eigenvalue weighted by Crippen LogP contribution is -2.29. The second-order valence-electron chi connectivity index (χ2n) is 9.35. The van der Waals surface area contributed by atoms with Crippen LogP contribution in [0.1, 0.15) is 27.0 Å². The van der Waals surface area contributed by atoms with Crippen molar-refractivity contribution in [1.29, 1.82) is 0 Å². The quantitative estimate of drug-likeness (QED) is 0.247. The summed E-state index contributed by atoms with van der Waals surface area (Å²) in [6.45, 7) is 3.81. The fourth-order valence-electron chi connectivity index (χ4n) is 3.90. The van der Waals surface area contributed by atoms with Crippen LogP contribution >= 0.6 is 11.6 Å². The number of benzene rings is 4. The first kappa shape index (κ1) is 29.1. The van der Waals surface area contributed by atoms with Crippen molar-refractivity contribution in [2.75, 3.05) is 20.6 Å². The van der Waals surface area contributed by atoms with Crippen LogP contribution in [0.25, 0.3) is 0 Å². The van der Waals surface area contributed by atoms with Crippen molar-refractivity contribution >= 4 is 54.6 Å². The van der Waals surface area contributed by atoms with Crippen molar-refractivity contribution in [3.05, 3.63) is 118 Å². The number of hydrogen-bond donors (Lipinski definition) is 2. The van der Waals surface area contributed by atoms with E-state index in [0.29, 0.717) is 27.6 Å². The number of carbonyl (C=O) groups excluding carboxylic acids is 1. The van der Waals surface area contributed by atoms with Crippen molar-refractivity contribution in [2.24, 2.45) is 0 Å². The van der Waals surface area contributed by atoms with Gasteiger partial charge >= 0.3 is 0 Å². The first-order valence-electron chi connectivity index (χ1n) is 12.2. The minimum atomic E-state index is -3.82. The summed E-state index contributed by atoms with van der Waals surface area (Å²) >= 11 is 5.93. The standard InChI is InChI=1S/C29H28ClN3O5S2/c1-20-4-5-21(2)28(18-20)32-40(37,38)27-16-12-25(13-17-27)31-29(34)23-8-14-26(15-9-23)33(39(3,35)36)19-22-6-10-24(30)11-7-22/h4-18,32H,19H2,1-3H3,(H,31,34). The van der Waals surface area contributed by atoms with E-state index in [1.165, 1.54) is 40.7 Å². The van der Waals surface area contributed by atoms with Crippen LogP contribution in [0.3, 0.4) is 0 Å². The van der Waals surface area contributed by atoms with E-state index >= 15 is 0 Å². The Morgan fingerprint density at radius 3 is 2.05 bits per heavy atom. The SMILES string of the molecule is Cc1ccc(C)c(NS(=O)(=O)c2ccc(NC(=O)c3ccc(N(Cc4ccc(Cl)cc4)S(C)(=O)=O)cc3)cc2)c1. The number of carbonyl (C=O) groups is 1. The number of anilines is 3. The summed E-state index contributed by atoms with van der Waals surface area (Å²) in [7, 11) is -7.43. The summed E-state index contributed by atoms with van der Waals surface area (Å²) in [4.78, 5) is 12.9. The van der Waals surface area contributed by atoms with Gasteiger partial charge in [-0.25, -0.2) is 16.8 Å². The summed E-state index contributed by atoms with van der Waals surface area (Å²) in [6.07, 6.45) is 1.12. The van der Waals surface area contributed by atoms with Gasteiger partial charge in [0.1, 0.15) is 0 Å². The smallest absolute Gasteiger partial charge is 0.261 e. The molecule has 1 amide bonds. The molecule has 4 rings (SSSR count). The number of nitrogens with zero attached hydrogens (tertiary/aromatic N) is 1. The fraction of sp³-hybridized carbons (Fsp3) is 0.138. The first-order chi connectivity index (χ1) is 18.8. The molecule has 0 fully saturated rings. The molecule has 0 atom stereocenters. The van der Waals surface area contributed by atoms with Crippen molar-refractivity contribution < 1.29 is 21.6 Å². The molecule has 208 valence electrons. The molecular weight excluding hydrogens is 570 g/mol. The van der Waals surface area contributed by atoms with E-state index in [1.54, 1.807) is 42.5 Å². The van der Waals surface area contributed by atoms with Crippen LogP contribution in [0.5, 0.6) is 0 Å². The number of nitrogens with one attached hydrogen (secondary N) is 2. The van der Waals surface area contributed by atoms with Crippen LogP contribution in [-0.4, -0.2) is 29.0 Å². The Morgan fingerprint density at radius 1 is 0.825 bits per heavy atom. The van der Waals surface area contributed by atoms with Gasteiger partial charge in [0, 0.05) is 16.3 Å². The highest BCUT2D eigenvalue weighted by Gasteiger charge is 2.19. The molecule has 4 aromatic rings. The molecule has 0 spiro atoms. The highest BCUT2D eigenvalue weighted by Crippen LogP contribution is 2.24. The molecule has 4 aromatic carbocycles. The minimum Gasteiger partial charge on any atom is -0.322 e. The number of amides is 1. The molecule has 0 bridgehead atoms. The zero-order valence-electron chi connectivity index (χ0n) is 22.1. The third-order valence-electron chi connectivity index (χ3n) is 6.12. The van der Waals surface area contributed by atoms with E-state index in [9.17, 15) is 21.6 Å². The molecule has 0 radical (unpaired) electrons. The van der Waals surface area contributed by atoms with Crippen LogP contribution < -0.4 is 14.3 Å². The van der Waals surface area contributed by atoms with E-state index in [4.69, 9.17) is 11.6 Å². The van der Waals surface area contributed by atoms with Crippen molar-refractivity contribution in [3.63, 3.8) is 0 Å². The fourth-order valence-corrected chi connectivity index (χ4v) is 6.04. The van der Waals surface area contributed by atoms with Gasteiger partial charge in [-0.15, -0.1) is 0 Å². The Hall–Kier alpha value is -3.86. The Balaban J connectivity index is 1.45. The molecule has 40 heavy (non-hydrogen) atoms. The molecule has 0 aromatic heterocycles. The minimum absolute atomic E-state index is 0.0531. The van der Waals surface area contributed by atoms with E-state index in [0.717, 1.165) is 22.9 Å². The third kappa shape index (κ3) is 7.20. The lowest BCUT2D eigenvalue weighted by atomic mass is 10.1. The molecular formula is C29H28ClN3O5S2. The molecule has 11 heteroatoms. The summed E-state index contributed by atoms with van der Waals surface area (Å²) in [5.41, 5.74) is 4.10. The lowest BCUT2D eigenvalue weighted by molar-refractivity contribution is 0.102. The Bertz CT molecular complexity index is 1740. The lowest BCUT2D eigenvalue weighted by Gasteiger charge is -2.23. The normalized spacial score (nSPS) is 11.6. The third-order valence-corrected chi connectivity index (χ3v) is 8.89. The predicted octanol–water partition coefficient (Wildman–Crippen LogP) is 5.98. The maximum absolute atomic E-state index is 12.9. The van der Waals surface area contributed by atoms with E-state index < -0.39 is 26.0 Å². The number of halogens is 1. The van der Waals surface area contributed by atoms with Crippen molar-refractivity contribution in [3.8, 4) is 0 Å². The number of rotatable bonds is 9. The van der Waals surface area contributed by atoms with Gasteiger partial charge in [-0.3, -0.25) is 13.8 Å². The van der Waals surface area contributed by atoms with E-state index in [1.807, 2.05) is 26.0 Å². The molecule has 0 saturated heterocycles. The van der Waals surface area contributed by atoms with Crippen LogP contribution in [0.15, 0.2) is 95.9 Å². The molecule has 2 N–H and O–H groups in total. The summed E-state index contributed by atoms with van der Waals surface area (Å²) in [5, 5.41) is 3.28. The van der Waals surface area contributed by atoms with E-state index in [-0.39, 0.29) is 11.4 Å². The molecule has 0 saturated carbocycles. The zero-order valence-corrected chi connectivity index (χ0v) is 24.4. The molecule has 0 aliphatic heterocycles. The largest absolute Gasteiger partial charge is 0.322 e.